The minimum absolute atomic E-state index is 0.440. The molecule has 0 atom stereocenters. The molecular weight excluding hydrogens is 370 g/mol. The number of halogens is 4. The van der Waals surface area contributed by atoms with E-state index in [1.54, 1.807) is 7.11 Å². The van der Waals surface area contributed by atoms with Crippen molar-refractivity contribution < 1.29 is 26.6 Å². The molecule has 0 radical (unpaired) electrons. The Labute approximate surface area is 131 Å². The summed E-state index contributed by atoms with van der Waals surface area (Å²) in [6, 6.07) is 7.67. The van der Waals surface area contributed by atoms with Gasteiger partial charge in [-0.05, 0) is 6.07 Å². The normalized spacial score (nSPS) is 10.4. The quantitative estimate of drug-likeness (QED) is 0.410. The first-order chi connectivity index (χ1) is 8.88. The molecule has 0 heterocycles. The van der Waals surface area contributed by atoms with E-state index in [1.165, 1.54) is 0 Å². The predicted molar refractivity (Wildman–Crippen MR) is 76.7 cm³/mol. The summed E-state index contributed by atoms with van der Waals surface area (Å²) < 4.78 is 10.4. The Balaban J connectivity index is 0.000000555. The molecule has 0 saturated heterocycles. The zero-order valence-corrected chi connectivity index (χ0v) is 14.8. The number of carbonyl (C=O) groups is 1. The molecule has 1 rings (SSSR count). The van der Waals surface area contributed by atoms with Crippen LogP contribution in [0.25, 0.3) is 0 Å². The molecule has 8 heteroatoms. The molecule has 0 aliphatic carbocycles. The second-order valence-electron chi connectivity index (χ2n) is 3.25. The Hall–Kier alpha value is 0.524. The van der Waals surface area contributed by atoms with Crippen molar-refractivity contribution in [2.45, 2.75) is 13.0 Å². The van der Waals surface area contributed by atoms with Crippen LogP contribution in [0.3, 0.4) is 0 Å². The van der Waals surface area contributed by atoms with Crippen molar-refractivity contribution in [3.63, 3.8) is 0 Å². The second-order valence-corrected chi connectivity index (χ2v) is 18.7. The number of carbonyl (C=O) groups excluding carboxylic acids is 1. The van der Waals surface area contributed by atoms with E-state index in [0.29, 0.717) is 19.6 Å². The van der Waals surface area contributed by atoms with E-state index in [2.05, 4.69) is 0 Å². The fourth-order valence-electron chi connectivity index (χ4n) is 1.14. The van der Waals surface area contributed by atoms with Gasteiger partial charge in [0.15, 0.2) is 0 Å². The Bertz CT molecular complexity index is 365. The summed E-state index contributed by atoms with van der Waals surface area (Å²) >= 11 is -3.11. The first kappa shape index (κ1) is 19.5. The second kappa shape index (κ2) is 11.2. The maximum atomic E-state index is 10.0. The molecule has 0 spiro atoms. The van der Waals surface area contributed by atoms with Crippen LogP contribution in [-0.4, -0.2) is 20.0 Å². The summed E-state index contributed by atoms with van der Waals surface area (Å²) in [6.07, 6.45) is 1.29. The number of aldehydes is 1. The molecule has 0 amide bonds. The van der Waals surface area contributed by atoms with Crippen molar-refractivity contribution in [3.8, 4) is 5.75 Å². The fraction of sp³-hybridized carbons (Fsp3) is 0.364. The molecule has 0 N–H and O–H groups in total. The Kier molecular flexibility index (Phi) is 11.5. The van der Waals surface area contributed by atoms with E-state index >= 15 is 0 Å². The zero-order valence-electron chi connectivity index (χ0n) is 10.2. The fourth-order valence-corrected chi connectivity index (χ4v) is 1.14. The van der Waals surface area contributed by atoms with E-state index in [4.69, 9.17) is 46.7 Å². The summed E-state index contributed by atoms with van der Waals surface area (Å²) in [6.45, 7) is 0.944. The van der Waals surface area contributed by atoms with Gasteiger partial charge in [-0.15, -0.1) is 0 Å². The van der Waals surface area contributed by atoms with Crippen molar-refractivity contribution in [3.05, 3.63) is 29.8 Å². The predicted octanol–water partition coefficient (Wildman–Crippen LogP) is 4.56. The van der Waals surface area contributed by atoms with Crippen LogP contribution in [0.2, 0.25) is 0 Å². The molecule has 0 aromatic heterocycles. The van der Waals surface area contributed by atoms with Crippen molar-refractivity contribution in [1.29, 1.82) is 0 Å². The van der Waals surface area contributed by atoms with Gasteiger partial charge in [-0.25, -0.2) is 0 Å². The van der Waals surface area contributed by atoms with Crippen LogP contribution in [0.15, 0.2) is 24.3 Å². The molecule has 0 fully saturated rings. The molecular formula is C11H14Cl4O3Ti. The molecule has 0 aliphatic heterocycles. The number of methoxy groups -OCH3 is 1. The van der Waals surface area contributed by atoms with Gasteiger partial charge >= 0.3 is 49.6 Å². The molecule has 108 valence electrons. The van der Waals surface area contributed by atoms with E-state index in [-0.39, 0.29) is 0 Å². The van der Waals surface area contributed by atoms with Gasteiger partial charge in [-0.2, -0.15) is 0 Å². The zero-order chi connectivity index (χ0) is 14.7. The summed E-state index contributed by atoms with van der Waals surface area (Å²) in [5.41, 5.74) is 1.00. The van der Waals surface area contributed by atoms with Crippen molar-refractivity contribution >= 4 is 43.5 Å². The Morgan fingerprint density at radius 3 is 2.32 bits per heavy atom. The number of benzene rings is 1. The third-order valence-electron chi connectivity index (χ3n) is 1.83. The molecule has 0 unspecified atom stereocenters. The van der Waals surface area contributed by atoms with Gasteiger partial charge in [-0.3, -0.25) is 0 Å². The van der Waals surface area contributed by atoms with Crippen LogP contribution in [0.1, 0.15) is 12.0 Å². The van der Waals surface area contributed by atoms with E-state index in [9.17, 15) is 4.79 Å². The molecule has 3 nitrogen and oxygen atoms in total. The van der Waals surface area contributed by atoms with Gasteiger partial charge < -0.3 is 14.3 Å². The van der Waals surface area contributed by atoms with Gasteiger partial charge in [0.2, 0.25) is 0 Å². The van der Waals surface area contributed by atoms with Crippen LogP contribution in [0, 0.1) is 0 Å². The van der Waals surface area contributed by atoms with Gasteiger partial charge in [0.25, 0.3) is 0 Å². The Morgan fingerprint density at radius 1 is 1.21 bits per heavy atom. The van der Waals surface area contributed by atoms with Gasteiger partial charge in [-0.1, -0.05) is 18.2 Å². The maximum absolute atomic E-state index is 10.0. The van der Waals surface area contributed by atoms with Crippen LogP contribution in [0.4, 0.5) is 0 Å². The summed E-state index contributed by atoms with van der Waals surface area (Å²) in [4.78, 5) is 10.0. The first-order valence-electron chi connectivity index (χ1n) is 5.27. The third-order valence-corrected chi connectivity index (χ3v) is 1.83. The number of hydrogen-bond acceptors (Lipinski definition) is 3. The van der Waals surface area contributed by atoms with E-state index in [0.717, 1.165) is 17.6 Å². The van der Waals surface area contributed by atoms with Crippen LogP contribution in [-0.2, 0) is 28.5 Å². The van der Waals surface area contributed by atoms with Crippen molar-refractivity contribution in [2.75, 3.05) is 13.7 Å². The summed E-state index contributed by atoms with van der Waals surface area (Å²) in [5.74, 6) is 0.818. The molecule has 1 aromatic rings. The number of ether oxygens (including phenoxy) is 2. The molecule has 1 aromatic carbocycles. The SMILES string of the molecule is COc1ccccc1COCCC=O.[Cl][Ti]([Cl])([Cl])[Cl]. The number of para-hydroxylation sites is 1. The van der Waals surface area contributed by atoms with Crippen LogP contribution < -0.4 is 4.74 Å². The molecule has 19 heavy (non-hydrogen) atoms. The van der Waals surface area contributed by atoms with Crippen LogP contribution in [0.5, 0.6) is 5.75 Å². The monoisotopic (exact) mass is 382 g/mol. The minimum atomic E-state index is -3.11. The Morgan fingerprint density at radius 2 is 1.79 bits per heavy atom. The van der Waals surface area contributed by atoms with Gasteiger partial charge in [0, 0.05) is 12.0 Å². The van der Waals surface area contributed by atoms with Gasteiger partial charge in [0.1, 0.15) is 12.0 Å². The van der Waals surface area contributed by atoms with Gasteiger partial charge in [0.05, 0.1) is 20.3 Å². The standard InChI is InChI=1S/C11H14O3.4ClH.Ti/c1-13-11-6-3-2-5-10(11)9-14-8-4-7-12;;;;;/h2-3,5-7H,4,8-9H2,1H3;4*1H;/q;;;;;+4/p-4. The molecule has 0 saturated carbocycles. The first-order valence-corrected chi connectivity index (χ1v) is 13.9. The average molecular weight is 384 g/mol. The van der Waals surface area contributed by atoms with E-state index in [1.807, 2.05) is 24.3 Å². The third kappa shape index (κ3) is 13.3. The van der Waals surface area contributed by atoms with E-state index < -0.39 is 12.3 Å². The number of rotatable bonds is 6. The summed E-state index contributed by atoms with van der Waals surface area (Å²) in [5, 5.41) is 0. The summed E-state index contributed by atoms with van der Waals surface area (Å²) in [7, 11) is 21.7. The average Bonchev–Trinajstić information content (AvgIpc) is 2.33. The van der Waals surface area contributed by atoms with Crippen molar-refractivity contribution in [2.24, 2.45) is 0 Å². The molecule has 0 aliphatic rings. The topological polar surface area (TPSA) is 35.5 Å². The van der Waals surface area contributed by atoms with Crippen LogP contribution >= 0.6 is 37.2 Å². The van der Waals surface area contributed by atoms with Crippen molar-refractivity contribution in [1.82, 2.24) is 0 Å². The molecule has 0 bridgehead atoms. The number of hydrogen-bond donors (Lipinski definition) is 0.